The van der Waals surface area contributed by atoms with Crippen molar-refractivity contribution < 1.29 is 8.42 Å². The van der Waals surface area contributed by atoms with Crippen LogP contribution in [0.25, 0.3) is 0 Å². The van der Waals surface area contributed by atoms with Gasteiger partial charge in [-0.15, -0.1) is 0 Å². The summed E-state index contributed by atoms with van der Waals surface area (Å²) >= 11 is 5.78. The maximum Gasteiger partial charge on any atom is 0.243 e. The zero-order chi connectivity index (χ0) is 14.6. The Balaban J connectivity index is 3.19. The van der Waals surface area contributed by atoms with Gasteiger partial charge in [-0.1, -0.05) is 11.6 Å². The summed E-state index contributed by atoms with van der Waals surface area (Å²) < 4.78 is 26.2. The first-order valence-electron chi connectivity index (χ1n) is 5.74. The Labute approximate surface area is 118 Å². The molecule has 0 saturated carbocycles. The molecule has 0 unspecified atom stereocenters. The van der Waals surface area contributed by atoms with Crippen molar-refractivity contribution in [2.45, 2.75) is 31.2 Å². The largest absolute Gasteiger partial charge is 0.397 e. The fraction of sp³-hybridized carbons (Fsp3) is 0.417. The third-order valence-corrected chi connectivity index (χ3v) is 5.01. The fourth-order valence-electron chi connectivity index (χ4n) is 1.63. The van der Waals surface area contributed by atoms with Gasteiger partial charge in [-0.3, -0.25) is 0 Å². The minimum atomic E-state index is -3.67. The standard InChI is InChI=1S/C12H16ClN3O2S/c1-9(2)16(7-3-6-14)19(17,18)10-4-5-11(13)12(15)8-10/h4-5,8-9H,3,7,15H2,1-2H3. The number of nitrogen functional groups attached to an aromatic ring is 1. The van der Waals surface area contributed by atoms with Gasteiger partial charge in [-0.05, 0) is 32.0 Å². The molecule has 0 spiro atoms. The van der Waals surface area contributed by atoms with Crippen molar-refractivity contribution in [3.05, 3.63) is 23.2 Å². The molecule has 2 N–H and O–H groups in total. The van der Waals surface area contributed by atoms with Crippen LogP contribution in [0.2, 0.25) is 5.02 Å². The molecule has 1 aromatic carbocycles. The average molecular weight is 302 g/mol. The number of hydrogen-bond donors (Lipinski definition) is 1. The van der Waals surface area contributed by atoms with E-state index < -0.39 is 10.0 Å². The summed E-state index contributed by atoms with van der Waals surface area (Å²) in [5, 5.41) is 8.92. The van der Waals surface area contributed by atoms with E-state index in [0.717, 1.165) is 0 Å². The third kappa shape index (κ3) is 3.60. The van der Waals surface area contributed by atoms with Crippen LogP contribution in [0.15, 0.2) is 23.1 Å². The van der Waals surface area contributed by atoms with Crippen LogP contribution in [0.4, 0.5) is 5.69 Å². The van der Waals surface area contributed by atoms with Crippen LogP contribution in [0.1, 0.15) is 20.3 Å². The molecule has 19 heavy (non-hydrogen) atoms. The van der Waals surface area contributed by atoms with Gasteiger partial charge in [-0.25, -0.2) is 8.42 Å². The Morgan fingerprint density at radius 1 is 1.47 bits per heavy atom. The Hall–Kier alpha value is -1.29. The highest BCUT2D eigenvalue weighted by Crippen LogP contribution is 2.25. The van der Waals surface area contributed by atoms with Gasteiger partial charge < -0.3 is 5.73 Å². The minimum Gasteiger partial charge on any atom is -0.397 e. The maximum atomic E-state index is 12.5. The molecule has 0 fully saturated rings. The highest BCUT2D eigenvalue weighted by molar-refractivity contribution is 7.89. The van der Waals surface area contributed by atoms with E-state index in [1.807, 2.05) is 6.07 Å². The van der Waals surface area contributed by atoms with Crippen LogP contribution in [0, 0.1) is 11.3 Å². The summed E-state index contributed by atoms with van der Waals surface area (Å²) in [6.45, 7) is 3.67. The number of rotatable bonds is 5. The number of hydrogen-bond acceptors (Lipinski definition) is 4. The summed E-state index contributed by atoms with van der Waals surface area (Å²) in [6, 6.07) is 5.90. The van der Waals surface area contributed by atoms with Crippen molar-refractivity contribution in [2.24, 2.45) is 0 Å². The SMILES string of the molecule is CC(C)N(CCC#N)S(=O)(=O)c1ccc(Cl)c(N)c1. The number of nitrogens with zero attached hydrogens (tertiary/aromatic N) is 2. The number of halogens is 1. The third-order valence-electron chi connectivity index (χ3n) is 2.59. The van der Waals surface area contributed by atoms with E-state index >= 15 is 0 Å². The van der Waals surface area contributed by atoms with Gasteiger partial charge in [-0.2, -0.15) is 9.57 Å². The molecular weight excluding hydrogens is 286 g/mol. The second-order valence-electron chi connectivity index (χ2n) is 4.30. The number of benzene rings is 1. The van der Waals surface area contributed by atoms with E-state index in [1.165, 1.54) is 22.5 Å². The molecule has 104 valence electrons. The van der Waals surface area contributed by atoms with Crippen LogP contribution in [-0.2, 0) is 10.0 Å². The lowest BCUT2D eigenvalue weighted by atomic mass is 10.3. The first-order valence-corrected chi connectivity index (χ1v) is 7.56. The van der Waals surface area contributed by atoms with Gasteiger partial charge in [0, 0.05) is 19.0 Å². The Bertz CT molecular complexity index is 593. The zero-order valence-electron chi connectivity index (χ0n) is 10.8. The predicted octanol–water partition coefficient (Wildman–Crippen LogP) is 2.23. The van der Waals surface area contributed by atoms with Crippen LogP contribution >= 0.6 is 11.6 Å². The smallest absolute Gasteiger partial charge is 0.243 e. The van der Waals surface area contributed by atoms with Crippen molar-refractivity contribution in [3.8, 4) is 6.07 Å². The molecule has 0 bridgehead atoms. The van der Waals surface area contributed by atoms with Gasteiger partial charge >= 0.3 is 0 Å². The van der Waals surface area contributed by atoms with Crippen molar-refractivity contribution in [2.75, 3.05) is 12.3 Å². The highest BCUT2D eigenvalue weighted by Gasteiger charge is 2.26. The summed E-state index contributed by atoms with van der Waals surface area (Å²) in [7, 11) is -3.67. The van der Waals surface area contributed by atoms with Gasteiger partial charge in [0.05, 0.1) is 21.7 Å². The molecule has 0 aliphatic rings. The number of anilines is 1. The lowest BCUT2D eigenvalue weighted by Crippen LogP contribution is -2.37. The molecule has 7 heteroatoms. The summed E-state index contributed by atoms with van der Waals surface area (Å²) in [6.07, 6.45) is 0.139. The quantitative estimate of drug-likeness (QED) is 0.845. The minimum absolute atomic E-state index is 0.0843. The second-order valence-corrected chi connectivity index (χ2v) is 6.60. The van der Waals surface area contributed by atoms with Crippen molar-refractivity contribution in [1.29, 1.82) is 5.26 Å². The van der Waals surface area contributed by atoms with Gasteiger partial charge in [0.25, 0.3) is 0 Å². The van der Waals surface area contributed by atoms with Crippen molar-refractivity contribution in [3.63, 3.8) is 0 Å². The number of nitrogens with two attached hydrogens (primary N) is 1. The van der Waals surface area contributed by atoms with Gasteiger partial charge in [0.15, 0.2) is 0 Å². The van der Waals surface area contributed by atoms with Crippen LogP contribution in [0.3, 0.4) is 0 Å². The second kappa shape index (κ2) is 6.24. The lowest BCUT2D eigenvalue weighted by molar-refractivity contribution is 0.360. The van der Waals surface area contributed by atoms with Gasteiger partial charge in [0.2, 0.25) is 10.0 Å². The summed E-state index contributed by atoms with van der Waals surface area (Å²) in [5.74, 6) is 0. The van der Waals surface area contributed by atoms with Crippen molar-refractivity contribution >= 4 is 27.3 Å². The molecule has 0 saturated heterocycles. The van der Waals surface area contributed by atoms with Gasteiger partial charge in [0.1, 0.15) is 0 Å². The molecule has 0 aliphatic carbocycles. The molecule has 0 amide bonds. The van der Waals surface area contributed by atoms with Crippen LogP contribution < -0.4 is 5.73 Å². The monoisotopic (exact) mass is 301 g/mol. The van der Waals surface area contributed by atoms with E-state index in [2.05, 4.69) is 0 Å². The first-order chi connectivity index (χ1) is 8.80. The predicted molar refractivity (Wildman–Crippen MR) is 75.1 cm³/mol. The molecule has 0 aromatic heterocycles. The van der Waals surface area contributed by atoms with E-state index in [-0.39, 0.29) is 29.6 Å². The van der Waals surface area contributed by atoms with E-state index in [1.54, 1.807) is 13.8 Å². The molecule has 5 nitrogen and oxygen atoms in total. The average Bonchev–Trinajstić information content (AvgIpc) is 2.32. The van der Waals surface area contributed by atoms with E-state index in [4.69, 9.17) is 22.6 Å². The van der Waals surface area contributed by atoms with Crippen molar-refractivity contribution in [1.82, 2.24) is 4.31 Å². The topological polar surface area (TPSA) is 87.2 Å². The first kappa shape index (κ1) is 15.8. The number of sulfonamides is 1. The Kier molecular flexibility index (Phi) is 5.18. The molecule has 1 aromatic rings. The molecule has 0 heterocycles. The molecule has 1 rings (SSSR count). The van der Waals surface area contributed by atoms with E-state index in [0.29, 0.717) is 5.02 Å². The molecule has 0 aliphatic heterocycles. The summed E-state index contributed by atoms with van der Waals surface area (Å²) in [4.78, 5) is 0.0843. The summed E-state index contributed by atoms with van der Waals surface area (Å²) in [5.41, 5.74) is 5.84. The van der Waals surface area contributed by atoms with Crippen LogP contribution in [-0.4, -0.2) is 25.3 Å². The van der Waals surface area contributed by atoms with E-state index in [9.17, 15) is 8.42 Å². The Morgan fingerprint density at radius 2 is 2.11 bits per heavy atom. The Morgan fingerprint density at radius 3 is 2.58 bits per heavy atom. The molecule has 0 atom stereocenters. The molecular formula is C12H16ClN3O2S. The maximum absolute atomic E-state index is 12.5. The van der Waals surface area contributed by atoms with Crippen LogP contribution in [0.5, 0.6) is 0 Å². The fourth-order valence-corrected chi connectivity index (χ4v) is 3.42. The highest BCUT2D eigenvalue weighted by atomic mass is 35.5. The molecule has 0 radical (unpaired) electrons. The zero-order valence-corrected chi connectivity index (χ0v) is 12.4. The lowest BCUT2D eigenvalue weighted by Gasteiger charge is -2.25. The number of nitriles is 1. The normalized spacial score (nSPS) is 11.8.